The highest BCUT2D eigenvalue weighted by atomic mass is 15.2. The summed E-state index contributed by atoms with van der Waals surface area (Å²) < 4.78 is 0. The molecular formula is C14H20N4. The van der Waals surface area contributed by atoms with Crippen LogP contribution in [0.25, 0.3) is 0 Å². The van der Waals surface area contributed by atoms with Gasteiger partial charge in [0, 0.05) is 19.5 Å². The first kappa shape index (κ1) is 12.8. The fourth-order valence-electron chi connectivity index (χ4n) is 1.93. The third kappa shape index (κ3) is 3.17. The number of aryl methyl sites for hydroxylation is 2. The predicted octanol–water partition coefficient (Wildman–Crippen LogP) is 2.06. The Morgan fingerprint density at radius 2 is 2.06 bits per heavy atom. The van der Waals surface area contributed by atoms with Crippen molar-refractivity contribution >= 4 is 0 Å². The summed E-state index contributed by atoms with van der Waals surface area (Å²) in [5.74, 6) is 1.75. The molecule has 0 saturated carbocycles. The minimum atomic E-state index is 0.856. The molecular weight excluding hydrogens is 224 g/mol. The van der Waals surface area contributed by atoms with Gasteiger partial charge in [-0.25, -0.2) is 4.98 Å². The van der Waals surface area contributed by atoms with E-state index in [1.165, 1.54) is 16.7 Å². The van der Waals surface area contributed by atoms with Crippen LogP contribution in [0.5, 0.6) is 0 Å². The van der Waals surface area contributed by atoms with Crippen LogP contribution in [0.1, 0.15) is 28.3 Å². The van der Waals surface area contributed by atoms with E-state index < -0.39 is 0 Å². The van der Waals surface area contributed by atoms with Crippen LogP contribution in [0, 0.1) is 20.8 Å². The molecule has 2 rings (SSSR count). The Bertz CT molecular complexity index is 516. The Balaban J connectivity index is 1.80. The number of rotatable bonds is 5. The molecule has 18 heavy (non-hydrogen) atoms. The summed E-state index contributed by atoms with van der Waals surface area (Å²) in [6.45, 7) is 8.03. The maximum atomic E-state index is 4.28. The summed E-state index contributed by atoms with van der Waals surface area (Å²) in [5.41, 5.74) is 4.08. The SMILES string of the molecule is Cc1nc(CCNCc2cccc(C)c2C)n[nH]1. The third-order valence-electron chi connectivity index (χ3n) is 3.20. The third-order valence-corrected chi connectivity index (χ3v) is 3.20. The molecule has 1 heterocycles. The lowest BCUT2D eigenvalue weighted by Gasteiger charge is -2.09. The fourth-order valence-corrected chi connectivity index (χ4v) is 1.93. The molecule has 0 spiro atoms. The summed E-state index contributed by atoms with van der Waals surface area (Å²) in [6, 6.07) is 6.43. The molecule has 4 heteroatoms. The summed E-state index contributed by atoms with van der Waals surface area (Å²) in [6.07, 6.45) is 0.856. The van der Waals surface area contributed by atoms with Crippen molar-refractivity contribution in [1.29, 1.82) is 0 Å². The highest BCUT2D eigenvalue weighted by Crippen LogP contribution is 2.12. The Morgan fingerprint density at radius 1 is 1.22 bits per heavy atom. The van der Waals surface area contributed by atoms with Crippen molar-refractivity contribution in [2.24, 2.45) is 0 Å². The van der Waals surface area contributed by atoms with E-state index in [1.807, 2.05) is 6.92 Å². The van der Waals surface area contributed by atoms with Crippen LogP contribution in [0.4, 0.5) is 0 Å². The number of benzene rings is 1. The quantitative estimate of drug-likeness (QED) is 0.792. The lowest BCUT2D eigenvalue weighted by atomic mass is 10.0. The smallest absolute Gasteiger partial charge is 0.151 e. The number of nitrogens with one attached hydrogen (secondary N) is 2. The Hall–Kier alpha value is -1.68. The molecule has 2 N–H and O–H groups in total. The summed E-state index contributed by atoms with van der Waals surface area (Å²) in [7, 11) is 0. The van der Waals surface area contributed by atoms with Crippen LogP contribution in [0.15, 0.2) is 18.2 Å². The van der Waals surface area contributed by atoms with Crippen LogP contribution in [0.3, 0.4) is 0 Å². The summed E-state index contributed by atoms with van der Waals surface area (Å²) >= 11 is 0. The van der Waals surface area contributed by atoms with Crippen molar-refractivity contribution in [2.75, 3.05) is 6.54 Å². The van der Waals surface area contributed by atoms with E-state index >= 15 is 0 Å². The number of H-pyrrole nitrogens is 1. The molecule has 0 aliphatic carbocycles. The standard InChI is InChI=1S/C14H20N4/c1-10-5-4-6-13(11(10)2)9-15-8-7-14-16-12(3)17-18-14/h4-6,15H,7-9H2,1-3H3,(H,16,17,18). The van der Waals surface area contributed by atoms with Gasteiger partial charge in [0.25, 0.3) is 0 Å². The molecule has 4 nitrogen and oxygen atoms in total. The normalized spacial score (nSPS) is 10.8. The molecule has 0 saturated heterocycles. The lowest BCUT2D eigenvalue weighted by Crippen LogP contribution is -2.18. The van der Waals surface area contributed by atoms with E-state index in [9.17, 15) is 0 Å². The predicted molar refractivity (Wildman–Crippen MR) is 72.4 cm³/mol. The second kappa shape index (κ2) is 5.78. The van der Waals surface area contributed by atoms with Crippen molar-refractivity contribution < 1.29 is 0 Å². The maximum absolute atomic E-state index is 4.28. The minimum absolute atomic E-state index is 0.856. The van der Waals surface area contributed by atoms with Gasteiger partial charge in [-0.05, 0) is 37.5 Å². The minimum Gasteiger partial charge on any atom is -0.312 e. The first-order valence-electron chi connectivity index (χ1n) is 6.30. The first-order chi connectivity index (χ1) is 8.66. The summed E-state index contributed by atoms with van der Waals surface area (Å²) in [4.78, 5) is 4.28. The average molecular weight is 244 g/mol. The van der Waals surface area contributed by atoms with Crippen molar-refractivity contribution in [3.8, 4) is 0 Å². The van der Waals surface area contributed by atoms with Crippen LogP contribution in [-0.2, 0) is 13.0 Å². The highest BCUT2D eigenvalue weighted by molar-refractivity contribution is 5.32. The molecule has 2 aromatic rings. The van der Waals surface area contributed by atoms with Crippen molar-refractivity contribution in [1.82, 2.24) is 20.5 Å². The van der Waals surface area contributed by atoms with E-state index in [0.29, 0.717) is 0 Å². The van der Waals surface area contributed by atoms with Gasteiger partial charge in [-0.15, -0.1) is 0 Å². The Kier molecular flexibility index (Phi) is 4.10. The molecule has 96 valence electrons. The van der Waals surface area contributed by atoms with E-state index in [-0.39, 0.29) is 0 Å². The fraction of sp³-hybridized carbons (Fsp3) is 0.429. The zero-order valence-corrected chi connectivity index (χ0v) is 11.2. The average Bonchev–Trinajstić information content (AvgIpc) is 2.76. The zero-order chi connectivity index (χ0) is 13.0. The highest BCUT2D eigenvalue weighted by Gasteiger charge is 2.01. The number of aromatic nitrogens is 3. The molecule has 0 unspecified atom stereocenters. The Labute approximate surface area is 108 Å². The van der Waals surface area contributed by atoms with E-state index in [0.717, 1.165) is 31.2 Å². The van der Waals surface area contributed by atoms with Crippen LogP contribution in [0.2, 0.25) is 0 Å². The van der Waals surface area contributed by atoms with Gasteiger partial charge in [0.15, 0.2) is 5.82 Å². The number of hydrogen-bond donors (Lipinski definition) is 2. The second-order valence-electron chi connectivity index (χ2n) is 4.62. The van der Waals surface area contributed by atoms with Gasteiger partial charge in [0.2, 0.25) is 0 Å². The monoisotopic (exact) mass is 244 g/mol. The van der Waals surface area contributed by atoms with Gasteiger partial charge in [-0.1, -0.05) is 18.2 Å². The van der Waals surface area contributed by atoms with Gasteiger partial charge in [0.1, 0.15) is 5.82 Å². The van der Waals surface area contributed by atoms with E-state index in [4.69, 9.17) is 0 Å². The second-order valence-corrected chi connectivity index (χ2v) is 4.62. The van der Waals surface area contributed by atoms with Crippen LogP contribution in [-0.4, -0.2) is 21.7 Å². The van der Waals surface area contributed by atoms with E-state index in [1.54, 1.807) is 0 Å². The van der Waals surface area contributed by atoms with Crippen LogP contribution < -0.4 is 5.32 Å². The molecule has 0 aliphatic rings. The largest absolute Gasteiger partial charge is 0.312 e. The van der Waals surface area contributed by atoms with Gasteiger partial charge in [0.05, 0.1) is 0 Å². The molecule has 0 amide bonds. The molecule has 1 aromatic heterocycles. The Morgan fingerprint density at radius 3 is 2.78 bits per heavy atom. The maximum Gasteiger partial charge on any atom is 0.151 e. The van der Waals surface area contributed by atoms with Crippen LogP contribution >= 0.6 is 0 Å². The lowest BCUT2D eigenvalue weighted by molar-refractivity contribution is 0.669. The van der Waals surface area contributed by atoms with E-state index in [2.05, 4.69) is 52.5 Å². The van der Waals surface area contributed by atoms with Crippen molar-refractivity contribution in [2.45, 2.75) is 33.7 Å². The zero-order valence-electron chi connectivity index (χ0n) is 11.2. The van der Waals surface area contributed by atoms with Crippen molar-refractivity contribution in [3.05, 3.63) is 46.5 Å². The topological polar surface area (TPSA) is 53.6 Å². The van der Waals surface area contributed by atoms with Gasteiger partial charge >= 0.3 is 0 Å². The molecule has 0 bridgehead atoms. The first-order valence-corrected chi connectivity index (χ1v) is 6.30. The van der Waals surface area contributed by atoms with Gasteiger partial charge < -0.3 is 5.32 Å². The molecule has 0 fully saturated rings. The number of aromatic amines is 1. The van der Waals surface area contributed by atoms with Crippen molar-refractivity contribution in [3.63, 3.8) is 0 Å². The number of nitrogens with zero attached hydrogens (tertiary/aromatic N) is 2. The molecule has 0 radical (unpaired) electrons. The van der Waals surface area contributed by atoms with Gasteiger partial charge in [-0.2, -0.15) is 5.10 Å². The molecule has 0 atom stereocenters. The molecule has 0 aliphatic heterocycles. The van der Waals surface area contributed by atoms with Gasteiger partial charge in [-0.3, -0.25) is 5.10 Å². The number of hydrogen-bond acceptors (Lipinski definition) is 3. The molecule has 1 aromatic carbocycles. The summed E-state index contributed by atoms with van der Waals surface area (Å²) in [5, 5.41) is 10.4.